The summed E-state index contributed by atoms with van der Waals surface area (Å²) in [6.45, 7) is 1.83. The molecule has 5 heteroatoms. The van der Waals surface area contributed by atoms with E-state index < -0.39 is 17.7 Å². The Morgan fingerprint density at radius 3 is 2.75 bits per heavy atom. The molecule has 0 heterocycles. The fourth-order valence-electron chi connectivity index (χ4n) is 1.92. The summed E-state index contributed by atoms with van der Waals surface area (Å²) < 4.78 is 32.7. The second kappa shape index (κ2) is 4.74. The van der Waals surface area contributed by atoms with Gasteiger partial charge < -0.3 is 10.5 Å². The highest BCUT2D eigenvalue weighted by molar-refractivity contribution is 5.82. The molecule has 90 valence electrons. The van der Waals surface area contributed by atoms with Gasteiger partial charge in [-0.1, -0.05) is 12.2 Å². The lowest BCUT2D eigenvalue weighted by atomic mass is 9.99. The average molecular weight is 230 g/mol. The summed E-state index contributed by atoms with van der Waals surface area (Å²) in [7, 11) is 1.46. The summed E-state index contributed by atoms with van der Waals surface area (Å²) in [6, 6.07) is 0. The maximum atomic E-state index is 13.9. The van der Waals surface area contributed by atoms with Crippen molar-refractivity contribution >= 4 is 5.84 Å². The SMILES string of the molecule is C/C=C\C1=C(COC)CC(C(=N)N)C1(F)F. The van der Waals surface area contributed by atoms with Gasteiger partial charge in [0.1, 0.15) is 5.84 Å². The number of allylic oxidation sites excluding steroid dienone is 3. The molecule has 0 radical (unpaired) electrons. The third-order valence-electron chi connectivity index (χ3n) is 2.66. The van der Waals surface area contributed by atoms with Crippen LogP contribution in [0.5, 0.6) is 0 Å². The summed E-state index contributed by atoms with van der Waals surface area (Å²) >= 11 is 0. The van der Waals surface area contributed by atoms with Crippen LogP contribution in [0.4, 0.5) is 8.78 Å². The third kappa shape index (κ3) is 2.14. The molecule has 1 unspecified atom stereocenters. The van der Waals surface area contributed by atoms with Crippen molar-refractivity contribution in [1.29, 1.82) is 5.41 Å². The maximum absolute atomic E-state index is 13.9. The standard InChI is InChI=1S/C11H16F2N2O/c1-3-4-8-7(6-16-2)5-9(10(14)15)11(8,12)13/h3-4,9H,5-6H2,1-2H3,(H3,14,15)/b4-3-. The minimum absolute atomic E-state index is 0.0583. The van der Waals surface area contributed by atoms with E-state index in [1.165, 1.54) is 13.2 Å². The van der Waals surface area contributed by atoms with Crippen molar-refractivity contribution in [3.63, 3.8) is 0 Å². The molecule has 0 aromatic heterocycles. The van der Waals surface area contributed by atoms with E-state index in [9.17, 15) is 8.78 Å². The Balaban J connectivity index is 3.10. The minimum atomic E-state index is -3.06. The first-order chi connectivity index (χ1) is 7.45. The first kappa shape index (κ1) is 12.8. The lowest BCUT2D eigenvalue weighted by Crippen LogP contribution is -2.35. The predicted molar refractivity (Wildman–Crippen MR) is 58.7 cm³/mol. The van der Waals surface area contributed by atoms with E-state index in [0.29, 0.717) is 5.57 Å². The highest BCUT2D eigenvalue weighted by Gasteiger charge is 2.50. The number of hydrogen-bond acceptors (Lipinski definition) is 2. The highest BCUT2D eigenvalue weighted by Crippen LogP contribution is 2.45. The molecular weight excluding hydrogens is 214 g/mol. The summed E-state index contributed by atoms with van der Waals surface area (Å²) in [5, 5.41) is 7.20. The van der Waals surface area contributed by atoms with Gasteiger partial charge in [0, 0.05) is 12.7 Å². The first-order valence-corrected chi connectivity index (χ1v) is 5.01. The van der Waals surface area contributed by atoms with Crippen molar-refractivity contribution in [1.82, 2.24) is 0 Å². The van der Waals surface area contributed by atoms with E-state index in [4.69, 9.17) is 15.9 Å². The van der Waals surface area contributed by atoms with Gasteiger partial charge >= 0.3 is 0 Å². The van der Waals surface area contributed by atoms with E-state index in [1.54, 1.807) is 13.0 Å². The van der Waals surface area contributed by atoms with Crippen LogP contribution in [-0.2, 0) is 4.74 Å². The second-order valence-electron chi connectivity index (χ2n) is 3.79. The van der Waals surface area contributed by atoms with Crippen molar-refractivity contribution in [3.05, 3.63) is 23.3 Å². The van der Waals surface area contributed by atoms with Crippen LogP contribution < -0.4 is 5.73 Å². The van der Waals surface area contributed by atoms with Gasteiger partial charge in [0.05, 0.1) is 12.5 Å². The lowest BCUT2D eigenvalue weighted by Gasteiger charge is -2.19. The Labute approximate surface area is 93.5 Å². The van der Waals surface area contributed by atoms with Crippen LogP contribution in [0.3, 0.4) is 0 Å². The van der Waals surface area contributed by atoms with Gasteiger partial charge in [0.25, 0.3) is 5.92 Å². The van der Waals surface area contributed by atoms with Crippen LogP contribution in [0.2, 0.25) is 0 Å². The fraction of sp³-hybridized carbons (Fsp3) is 0.545. The molecule has 0 amide bonds. The molecule has 0 aromatic rings. The van der Waals surface area contributed by atoms with Gasteiger partial charge in [-0.3, -0.25) is 5.41 Å². The topological polar surface area (TPSA) is 59.1 Å². The van der Waals surface area contributed by atoms with E-state index in [-0.39, 0.29) is 18.6 Å². The molecule has 0 bridgehead atoms. The van der Waals surface area contributed by atoms with Gasteiger partial charge in [-0.05, 0) is 18.9 Å². The van der Waals surface area contributed by atoms with Crippen molar-refractivity contribution in [2.45, 2.75) is 19.3 Å². The molecule has 1 aliphatic carbocycles. The minimum Gasteiger partial charge on any atom is -0.387 e. The molecule has 0 spiro atoms. The van der Waals surface area contributed by atoms with Gasteiger partial charge in [0.2, 0.25) is 0 Å². The van der Waals surface area contributed by atoms with Crippen LogP contribution in [0, 0.1) is 11.3 Å². The maximum Gasteiger partial charge on any atom is 0.283 e. The lowest BCUT2D eigenvalue weighted by molar-refractivity contribution is 0.0203. The van der Waals surface area contributed by atoms with Crippen LogP contribution in [0.1, 0.15) is 13.3 Å². The van der Waals surface area contributed by atoms with E-state index >= 15 is 0 Å². The Morgan fingerprint density at radius 2 is 2.31 bits per heavy atom. The van der Waals surface area contributed by atoms with Gasteiger partial charge in [-0.15, -0.1) is 0 Å². The Hall–Kier alpha value is -1.23. The molecule has 16 heavy (non-hydrogen) atoms. The number of alkyl halides is 2. The summed E-state index contributed by atoms with van der Waals surface area (Å²) in [5.41, 5.74) is 5.66. The molecule has 0 aromatic carbocycles. The van der Waals surface area contributed by atoms with Gasteiger partial charge in [-0.2, -0.15) is 0 Å². The Kier molecular flexibility index (Phi) is 3.80. The Bertz CT molecular complexity index is 348. The van der Waals surface area contributed by atoms with Crippen molar-refractivity contribution in [2.24, 2.45) is 11.7 Å². The Morgan fingerprint density at radius 1 is 1.69 bits per heavy atom. The monoisotopic (exact) mass is 230 g/mol. The molecule has 0 aliphatic heterocycles. The van der Waals surface area contributed by atoms with Crippen LogP contribution in [-0.4, -0.2) is 25.5 Å². The molecule has 3 N–H and O–H groups in total. The quantitative estimate of drug-likeness (QED) is 0.574. The number of nitrogens with one attached hydrogen (secondary N) is 1. The van der Waals surface area contributed by atoms with Crippen LogP contribution >= 0.6 is 0 Å². The normalized spacial score (nSPS) is 24.4. The number of halogens is 2. The number of hydrogen-bond donors (Lipinski definition) is 2. The molecule has 1 aliphatic rings. The number of nitrogens with two attached hydrogens (primary N) is 1. The first-order valence-electron chi connectivity index (χ1n) is 5.01. The molecule has 3 nitrogen and oxygen atoms in total. The zero-order valence-electron chi connectivity index (χ0n) is 9.39. The molecule has 1 rings (SSSR count). The zero-order valence-corrected chi connectivity index (χ0v) is 9.39. The molecular formula is C11H16F2N2O. The average Bonchev–Trinajstić information content (AvgIpc) is 2.42. The smallest absolute Gasteiger partial charge is 0.283 e. The number of methoxy groups -OCH3 is 1. The molecule has 0 saturated carbocycles. The van der Waals surface area contributed by atoms with Crippen molar-refractivity contribution in [2.75, 3.05) is 13.7 Å². The summed E-state index contributed by atoms with van der Waals surface area (Å²) in [6.07, 6.45) is 3.02. The van der Waals surface area contributed by atoms with Crippen LogP contribution in [0.25, 0.3) is 0 Å². The number of amidine groups is 1. The summed E-state index contributed by atoms with van der Waals surface area (Å²) in [4.78, 5) is 0. The van der Waals surface area contributed by atoms with Gasteiger partial charge in [0.15, 0.2) is 0 Å². The molecule has 0 fully saturated rings. The third-order valence-corrected chi connectivity index (χ3v) is 2.66. The largest absolute Gasteiger partial charge is 0.387 e. The van der Waals surface area contributed by atoms with Crippen LogP contribution in [0.15, 0.2) is 23.3 Å². The van der Waals surface area contributed by atoms with E-state index in [1.807, 2.05) is 0 Å². The molecule has 0 saturated heterocycles. The fourth-order valence-corrected chi connectivity index (χ4v) is 1.92. The number of ether oxygens (including phenoxy) is 1. The van der Waals surface area contributed by atoms with Gasteiger partial charge in [-0.25, -0.2) is 8.78 Å². The highest BCUT2D eigenvalue weighted by atomic mass is 19.3. The number of rotatable bonds is 4. The second-order valence-corrected chi connectivity index (χ2v) is 3.79. The van der Waals surface area contributed by atoms with E-state index in [0.717, 1.165) is 0 Å². The molecule has 1 atom stereocenters. The van der Waals surface area contributed by atoms with Crippen molar-refractivity contribution in [3.8, 4) is 0 Å². The zero-order chi connectivity index (χ0) is 12.3. The predicted octanol–water partition coefficient (Wildman–Crippen LogP) is 2.10. The van der Waals surface area contributed by atoms with E-state index in [2.05, 4.69) is 0 Å². The van der Waals surface area contributed by atoms with Crippen molar-refractivity contribution < 1.29 is 13.5 Å². The summed E-state index contributed by atoms with van der Waals surface area (Å²) in [5.74, 6) is -4.77.